The van der Waals surface area contributed by atoms with Crippen LogP contribution in [-0.4, -0.2) is 10.7 Å². The molecule has 0 aromatic rings. The average Bonchev–Trinajstić information content (AvgIpc) is 2.28. The molecular weight excluding hydrogens is 148 g/mol. The molecule has 2 aliphatic carbocycles. The van der Waals surface area contributed by atoms with Crippen molar-refractivity contribution in [2.75, 3.05) is 0 Å². The van der Waals surface area contributed by atoms with E-state index in [9.17, 15) is 5.11 Å². The van der Waals surface area contributed by atoms with Gasteiger partial charge in [-0.1, -0.05) is 19.8 Å². The van der Waals surface area contributed by atoms with E-state index in [-0.39, 0.29) is 5.60 Å². The Labute approximate surface area is 75.2 Å². The number of aliphatic hydroxyl groups is 1. The minimum atomic E-state index is -0.237. The van der Waals surface area contributed by atoms with E-state index in [4.69, 9.17) is 0 Å². The Bertz CT molecular complexity index is 162. The van der Waals surface area contributed by atoms with Gasteiger partial charge < -0.3 is 5.11 Å². The lowest BCUT2D eigenvalue weighted by molar-refractivity contribution is -0.0474. The van der Waals surface area contributed by atoms with Crippen molar-refractivity contribution in [2.45, 2.75) is 57.5 Å². The van der Waals surface area contributed by atoms with Crippen molar-refractivity contribution in [3.63, 3.8) is 0 Å². The van der Waals surface area contributed by atoms with Gasteiger partial charge in [-0.2, -0.15) is 0 Å². The molecule has 0 radical (unpaired) electrons. The summed E-state index contributed by atoms with van der Waals surface area (Å²) in [7, 11) is 0. The summed E-state index contributed by atoms with van der Waals surface area (Å²) in [6, 6.07) is 0. The number of hydrogen-bond acceptors (Lipinski definition) is 1. The first-order valence-electron chi connectivity index (χ1n) is 5.47. The van der Waals surface area contributed by atoms with Crippen LogP contribution in [0.15, 0.2) is 0 Å². The van der Waals surface area contributed by atoms with Gasteiger partial charge in [-0.3, -0.25) is 0 Å². The molecule has 1 nitrogen and oxygen atoms in total. The molecule has 0 spiro atoms. The second kappa shape index (κ2) is 3.02. The molecule has 0 aliphatic heterocycles. The van der Waals surface area contributed by atoms with Gasteiger partial charge >= 0.3 is 0 Å². The van der Waals surface area contributed by atoms with Crippen LogP contribution in [-0.2, 0) is 0 Å². The van der Waals surface area contributed by atoms with Crippen molar-refractivity contribution >= 4 is 0 Å². The third-order valence-corrected chi connectivity index (χ3v) is 4.07. The molecule has 1 N–H and O–H groups in total. The molecule has 12 heavy (non-hydrogen) atoms. The van der Waals surface area contributed by atoms with E-state index < -0.39 is 0 Å². The van der Waals surface area contributed by atoms with E-state index in [1.807, 2.05) is 0 Å². The Balaban J connectivity index is 1.94. The van der Waals surface area contributed by atoms with Crippen molar-refractivity contribution in [1.29, 1.82) is 0 Å². The largest absolute Gasteiger partial charge is 0.390 e. The molecule has 2 aliphatic rings. The van der Waals surface area contributed by atoms with Gasteiger partial charge in [-0.15, -0.1) is 0 Å². The molecule has 1 heteroatoms. The highest BCUT2D eigenvalue weighted by molar-refractivity contribution is 4.96. The van der Waals surface area contributed by atoms with Gasteiger partial charge in [-0.05, 0) is 43.9 Å². The smallest absolute Gasteiger partial charge is 0.0678 e. The summed E-state index contributed by atoms with van der Waals surface area (Å²) >= 11 is 0. The maximum atomic E-state index is 10.3. The topological polar surface area (TPSA) is 20.2 Å². The van der Waals surface area contributed by atoms with Gasteiger partial charge in [0.05, 0.1) is 5.60 Å². The lowest BCUT2D eigenvalue weighted by Gasteiger charge is -2.39. The Hall–Kier alpha value is -0.0400. The van der Waals surface area contributed by atoms with Crippen molar-refractivity contribution in [1.82, 2.24) is 0 Å². The fraction of sp³-hybridized carbons (Fsp3) is 1.00. The van der Waals surface area contributed by atoms with Crippen molar-refractivity contribution < 1.29 is 5.11 Å². The molecule has 0 bridgehead atoms. The summed E-state index contributed by atoms with van der Waals surface area (Å²) in [5, 5.41) is 10.3. The first-order valence-corrected chi connectivity index (χ1v) is 5.47. The molecule has 0 aromatic carbocycles. The van der Waals surface area contributed by atoms with Crippen LogP contribution >= 0.6 is 0 Å². The summed E-state index contributed by atoms with van der Waals surface area (Å²) < 4.78 is 0. The van der Waals surface area contributed by atoms with E-state index in [1.165, 1.54) is 32.1 Å². The van der Waals surface area contributed by atoms with Crippen LogP contribution in [0.5, 0.6) is 0 Å². The van der Waals surface area contributed by atoms with Crippen LogP contribution in [0.1, 0.15) is 51.9 Å². The molecule has 2 saturated carbocycles. The van der Waals surface area contributed by atoms with Crippen LogP contribution < -0.4 is 0 Å². The van der Waals surface area contributed by atoms with Gasteiger partial charge in [0.1, 0.15) is 0 Å². The van der Waals surface area contributed by atoms with E-state index in [0.717, 1.165) is 18.8 Å². The molecule has 0 amide bonds. The van der Waals surface area contributed by atoms with Gasteiger partial charge in [0.2, 0.25) is 0 Å². The van der Waals surface area contributed by atoms with Crippen LogP contribution in [0.3, 0.4) is 0 Å². The summed E-state index contributed by atoms with van der Waals surface area (Å²) in [5.41, 5.74) is -0.237. The normalized spacial score (nSPS) is 43.0. The Morgan fingerprint density at radius 3 is 2.50 bits per heavy atom. The third kappa shape index (κ3) is 1.28. The minimum Gasteiger partial charge on any atom is -0.390 e. The van der Waals surface area contributed by atoms with Crippen molar-refractivity contribution in [3.8, 4) is 0 Å². The predicted molar refractivity (Wildman–Crippen MR) is 49.9 cm³/mol. The molecule has 2 atom stereocenters. The molecule has 2 rings (SSSR count). The standard InChI is InChI=1S/C11H20O/c1-2-9-6-7-11(12,8-9)10-4-3-5-10/h9-10,12H,2-8H2,1H3. The average molecular weight is 168 g/mol. The lowest BCUT2D eigenvalue weighted by Crippen LogP contribution is -2.39. The highest BCUT2D eigenvalue weighted by atomic mass is 16.3. The van der Waals surface area contributed by atoms with Crippen molar-refractivity contribution in [3.05, 3.63) is 0 Å². The van der Waals surface area contributed by atoms with E-state index in [1.54, 1.807) is 0 Å². The quantitative estimate of drug-likeness (QED) is 0.672. The zero-order valence-electron chi connectivity index (χ0n) is 8.05. The molecule has 70 valence electrons. The summed E-state index contributed by atoms with van der Waals surface area (Å²) in [4.78, 5) is 0. The first kappa shape index (κ1) is 8.55. The highest BCUT2D eigenvalue weighted by Crippen LogP contribution is 2.47. The monoisotopic (exact) mass is 168 g/mol. The Morgan fingerprint density at radius 2 is 2.08 bits per heavy atom. The van der Waals surface area contributed by atoms with Gasteiger partial charge in [0.15, 0.2) is 0 Å². The summed E-state index contributed by atoms with van der Waals surface area (Å²) in [5.74, 6) is 1.48. The SMILES string of the molecule is CCC1CCC(O)(C2CCC2)C1. The predicted octanol–water partition coefficient (Wildman–Crippen LogP) is 2.73. The van der Waals surface area contributed by atoms with Gasteiger partial charge in [0, 0.05) is 0 Å². The van der Waals surface area contributed by atoms with Crippen LogP contribution in [0.4, 0.5) is 0 Å². The van der Waals surface area contributed by atoms with E-state index in [0.29, 0.717) is 5.92 Å². The summed E-state index contributed by atoms with van der Waals surface area (Å²) in [6.45, 7) is 2.25. The minimum absolute atomic E-state index is 0.237. The molecular formula is C11H20O. The summed E-state index contributed by atoms with van der Waals surface area (Å²) in [6.07, 6.45) is 8.62. The van der Waals surface area contributed by atoms with Crippen LogP contribution in [0.25, 0.3) is 0 Å². The Kier molecular flexibility index (Phi) is 2.16. The van der Waals surface area contributed by atoms with Crippen LogP contribution in [0.2, 0.25) is 0 Å². The van der Waals surface area contributed by atoms with E-state index in [2.05, 4.69) is 6.92 Å². The highest BCUT2D eigenvalue weighted by Gasteiger charge is 2.44. The zero-order chi connectivity index (χ0) is 8.60. The molecule has 2 unspecified atom stereocenters. The van der Waals surface area contributed by atoms with Gasteiger partial charge in [0.25, 0.3) is 0 Å². The van der Waals surface area contributed by atoms with Gasteiger partial charge in [-0.25, -0.2) is 0 Å². The zero-order valence-corrected chi connectivity index (χ0v) is 8.05. The number of rotatable bonds is 2. The second-order valence-corrected chi connectivity index (χ2v) is 4.75. The van der Waals surface area contributed by atoms with E-state index >= 15 is 0 Å². The Morgan fingerprint density at radius 1 is 1.33 bits per heavy atom. The lowest BCUT2D eigenvalue weighted by atomic mass is 9.71. The van der Waals surface area contributed by atoms with Crippen molar-refractivity contribution in [2.24, 2.45) is 11.8 Å². The number of hydrogen-bond donors (Lipinski definition) is 1. The van der Waals surface area contributed by atoms with Crippen LogP contribution in [0, 0.1) is 11.8 Å². The maximum absolute atomic E-state index is 10.3. The first-order chi connectivity index (χ1) is 5.74. The molecule has 0 saturated heterocycles. The molecule has 0 aromatic heterocycles. The third-order valence-electron chi connectivity index (χ3n) is 4.07. The molecule has 2 fully saturated rings. The maximum Gasteiger partial charge on any atom is 0.0678 e. The fourth-order valence-electron chi connectivity index (χ4n) is 2.82. The fourth-order valence-corrected chi connectivity index (χ4v) is 2.82. The second-order valence-electron chi connectivity index (χ2n) is 4.75. The molecule has 0 heterocycles.